The fraction of sp³-hybridized carbons (Fsp3) is 0.778. The number of piperidine rings is 1. The Morgan fingerprint density at radius 1 is 1.52 bits per heavy atom. The largest absolute Gasteiger partial charge is 0.386 e. The summed E-state index contributed by atoms with van der Waals surface area (Å²) < 4.78 is 6.16. The second-order valence-corrected chi connectivity index (χ2v) is 8.87. The van der Waals surface area contributed by atoms with Crippen LogP contribution in [0.1, 0.15) is 43.8 Å². The van der Waals surface area contributed by atoms with E-state index in [1.54, 1.807) is 37.1 Å². The van der Waals surface area contributed by atoms with E-state index in [1.165, 1.54) is 0 Å². The van der Waals surface area contributed by atoms with Crippen molar-refractivity contribution in [3.63, 3.8) is 0 Å². The Morgan fingerprint density at radius 2 is 2.20 bits per heavy atom. The van der Waals surface area contributed by atoms with E-state index in [0.29, 0.717) is 6.42 Å². The molecule has 1 amide bonds. The van der Waals surface area contributed by atoms with Gasteiger partial charge < -0.3 is 14.7 Å². The van der Waals surface area contributed by atoms with Crippen molar-refractivity contribution >= 4 is 17.2 Å². The van der Waals surface area contributed by atoms with Gasteiger partial charge in [-0.1, -0.05) is 0 Å². The Hall–Kier alpha value is -1.02. The normalized spacial score (nSPS) is 29.7. The molecule has 25 heavy (non-hydrogen) atoms. The summed E-state index contributed by atoms with van der Waals surface area (Å²) in [4.78, 5) is 20.5. The number of hydrogen-bond donors (Lipinski definition) is 1. The first-order chi connectivity index (χ1) is 11.7. The Labute approximate surface area is 153 Å². The first kappa shape index (κ1) is 18.8. The molecule has 3 heterocycles. The lowest BCUT2D eigenvalue weighted by atomic mass is 9.77. The van der Waals surface area contributed by atoms with Crippen molar-refractivity contribution in [3.05, 3.63) is 16.1 Å². The van der Waals surface area contributed by atoms with Crippen molar-refractivity contribution in [1.82, 2.24) is 14.8 Å². The number of aromatic nitrogens is 1. The lowest BCUT2D eigenvalue weighted by Crippen LogP contribution is -2.63. The van der Waals surface area contributed by atoms with E-state index in [0.717, 1.165) is 43.2 Å². The van der Waals surface area contributed by atoms with Crippen LogP contribution in [-0.2, 0) is 16.1 Å². The highest BCUT2D eigenvalue weighted by Crippen LogP contribution is 2.40. The minimum Gasteiger partial charge on any atom is -0.386 e. The number of nitrogens with zero attached hydrogens (tertiary/aromatic N) is 3. The molecule has 3 rings (SSSR count). The maximum Gasteiger partial charge on any atom is 0.219 e. The number of thiazole rings is 1. The lowest BCUT2D eigenvalue weighted by Gasteiger charge is -2.52. The molecule has 2 fully saturated rings. The Morgan fingerprint density at radius 3 is 2.76 bits per heavy atom. The molecule has 0 unspecified atom stereocenters. The average Bonchev–Trinajstić information content (AvgIpc) is 2.96. The fourth-order valence-electron chi connectivity index (χ4n) is 3.98. The minimum absolute atomic E-state index is 0.0151. The van der Waals surface area contributed by atoms with Gasteiger partial charge in [-0.3, -0.25) is 9.69 Å². The van der Waals surface area contributed by atoms with Crippen molar-refractivity contribution in [3.8, 4) is 0 Å². The molecule has 0 radical (unpaired) electrons. The summed E-state index contributed by atoms with van der Waals surface area (Å²) in [6, 6.07) is -0.202. The van der Waals surface area contributed by atoms with Crippen LogP contribution in [0.2, 0.25) is 0 Å². The number of aryl methyl sites for hydroxylation is 1. The quantitative estimate of drug-likeness (QED) is 0.883. The zero-order chi connectivity index (χ0) is 18.2. The molecule has 2 atom stereocenters. The molecule has 2 aliphatic heterocycles. The van der Waals surface area contributed by atoms with E-state index >= 15 is 0 Å². The molecule has 1 N–H and O–H groups in total. The maximum atomic E-state index is 11.8. The Kier molecular flexibility index (Phi) is 5.21. The fourth-order valence-corrected chi connectivity index (χ4v) is 4.58. The van der Waals surface area contributed by atoms with E-state index in [-0.39, 0.29) is 24.2 Å². The average molecular weight is 368 g/mol. The number of hydrogen-bond acceptors (Lipinski definition) is 6. The summed E-state index contributed by atoms with van der Waals surface area (Å²) in [7, 11) is 1.78. The number of rotatable bonds is 3. The van der Waals surface area contributed by atoms with Crippen molar-refractivity contribution in [1.29, 1.82) is 0 Å². The van der Waals surface area contributed by atoms with Crippen LogP contribution in [0.4, 0.5) is 0 Å². The number of likely N-dealkylation sites (N-methyl/N-ethyl adjacent to an activating group) is 1. The highest BCUT2D eigenvalue weighted by molar-refractivity contribution is 7.09. The van der Waals surface area contributed by atoms with Crippen molar-refractivity contribution < 1.29 is 14.6 Å². The van der Waals surface area contributed by atoms with Gasteiger partial charge in [-0.15, -0.1) is 11.3 Å². The molecule has 7 heteroatoms. The molecule has 2 aliphatic rings. The topological polar surface area (TPSA) is 65.9 Å². The lowest BCUT2D eigenvalue weighted by molar-refractivity contribution is -0.209. The molecular formula is C18H29N3O3S. The number of carbonyl (C=O) groups excluding carboxylic acids is 1. The van der Waals surface area contributed by atoms with Gasteiger partial charge in [-0.2, -0.15) is 0 Å². The number of carbonyl (C=O) groups is 1. The van der Waals surface area contributed by atoms with Gasteiger partial charge in [0.2, 0.25) is 5.91 Å². The van der Waals surface area contributed by atoms with Crippen LogP contribution < -0.4 is 0 Å². The summed E-state index contributed by atoms with van der Waals surface area (Å²) in [6.07, 6.45) is 2.54. The maximum absolute atomic E-state index is 11.8. The zero-order valence-electron chi connectivity index (χ0n) is 15.6. The molecule has 0 saturated carbocycles. The molecule has 1 spiro atoms. The van der Waals surface area contributed by atoms with Gasteiger partial charge in [0, 0.05) is 39.0 Å². The van der Waals surface area contributed by atoms with Crippen LogP contribution in [0, 0.1) is 6.92 Å². The number of amides is 1. The first-order valence-electron chi connectivity index (χ1n) is 8.94. The summed E-state index contributed by atoms with van der Waals surface area (Å²) in [5.41, 5.74) is -0.0911. The van der Waals surface area contributed by atoms with Gasteiger partial charge in [-0.25, -0.2) is 4.98 Å². The SMILES string of the molecule is CC(=O)N(C)[C@H]1CC2(CCN(Cc3csc(C)n3)CC2)OC[C@]1(C)O. The van der Waals surface area contributed by atoms with E-state index in [2.05, 4.69) is 15.3 Å². The summed E-state index contributed by atoms with van der Waals surface area (Å²) >= 11 is 1.69. The van der Waals surface area contributed by atoms with Crippen molar-refractivity contribution in [2.75, 3.05) is 26.7 Å². The van der Waals surface area contributed by atoms with Gasteiger partial charge >= 0.3 is 0 Å². The molecule has 0 bridgehead atoms. The standard InChI is InChI=1S/C18H29N3O3S/c1-13-19-15(11-25-13)10-21-7-5-18(6-8-21)9-16(20(4)14(2)22)17(3,23)12-24-18/h11,16,23H,5-10,12H2,1-4H3/t16-,17-/m0/s1. The third-order valence-electron chi connectivity index (χ3n) is 5.74. The summed E-state index contributed by atoms with van der Waals surface area (Å²) in [5, 5.41) is 13.9. The number of ether oxygens (including phenoxy) is 1. The van der Waals surface area contributed by atoms with Crippen LogP contribution in [0.5, 0.6) is 0 Å². The van der Waals surface area contributed by atoms with E-state index < -0.39 is 5.60 Å². The second kappa shape index (κ2) is 6.95. The van der Waals surface area contributed by atoms with Gasteiger partial charge in [0.15, 0.2) is 0 Å². The minimum atomic E-state index is -0.999. The van der Waals surface area contributed by atoms with Crippen molar-refractivity contribution in [2.45, 2.75) is 63.8 Å². The predicted octanol–water partition coefficient (Wildman–Crippen LogP) is 1.80. The summed E-state index contributed by atoms with van der Waals surface area (Å²) in [6.45, 7) is 8.42. The highest BCUT2D eigenvalue weighted by Gasteiger charge is 2.50. The monoisotopic (exact) mass is 367 g/mol. The van der Waals surface area contributed by atoms with E-state index in [1.807, 2.05) is 6.92 Å². The smallest absolute Gasteiger partial charge is 0.219 e. The molecule has 0 aromatic carbocycles. The van der Waals surface area contributed by atoms with Crippen LogP contribution >= 0.6 is 11.3 Å². The van der Waals surface area contributed by atoms with Crippen molar-refractivity contribution in [2.24, 2.45) is 0 Å². The van der Waals surface area contributed by atoms with Crippen LogP contribution in [0.3, 0.4) is 0 Å². The molecule has 0 aliphatic carbocycles. The Balaban J connectivity index is 1.63. The third kappa shape index (κ3) is 4.05. The summed E-state index contributed by atoms with van der Waals surface area (Å²) in [5.74, 6) is -0.0151. The number of likely N-dealkylation sites (tertiary alicyclic amines) is 1. The number of aliphatic hydroxyl groups is 1. The molecular weight excluding hydrogens is 338 g/mol. The van der Waals surface area contributed by atoms with Crippen LogP contribution in [-0.4, -0.2) is 69.8 Å². The van der Waals surface area contributed by atoms with Crippen LogP contribution in [0.25, 0.3) is 0 Å². The third-order valence-corrected chi connectivity index (χ3v) is 6.56. The highest BCUT2D eigenvalue weighted by atomic mass is 32.1. The molecule has 140 valence electrons. The van der Waals surface area contributed by atoms with E-state index in [4.69, 9.17) is 4.74 Å². The predicted molar refractivity (Wildman–Crippen MR) is 97.5 cm³/mol. The van der Waals surface area contributed by atoms with Crippen LogP contribution in [0.15, 0.2) is 5.38 Å². The van der Waals surface area contributed by atoms with Gasteiger partial charge in [-0.05, 0) is 33.1 Å². The Bertz CT molecular complexity index is 623. The second-order valence-electron chi connectivity index (χ2n) is 7.81. The van der Waals surface area contributed by atoms with Gasteiger partial charge in [0.05, 0.1) is 29.0 Å². The zero-order valence-corrected chi connectivity index (χ0v) is 16.4. The van der Waals surface area contributed by atoms with Gasteiger partial charge in [0.1, 0.15) is 5.60 Å². The van der Waals surface area contributed by atoms with Gasteiger partial charge in [0.25, 0.3) is 0 Å². The molecule has 2 saturated heterocycles. The first-order valence-corrected chi connectivity index (χ1v) is 9.82. The molecule has 1 aromatic rings. The molecule has 1 aromatic heterocycles. The van der Waals surface area contributed by atoms with E-state index in [9.17, 15) is 9.90 Å². The molecule has 6 nitrogen and oxygen atoms in total.